The zero-order valence-electron chi connectivity index (χ0n) is 14.8. The van der Waals surface area contributed by atoms with Crippen LogP contribution in [0.1, 0.15) is 51.0 Å². The Morgan fingerprint density at radius 3 is 3.00 bits per heavy atom. The molecule has 1 heterocycles. The number of hydrogen-bond acceptors (Lipinski definition) is 3. The van der Waals surface area contributed by atoms with Gasteiger partial charge in [0.2, 0.25) is 5.91 Å². The lowest BCUT2D eigenvalue weighted by Crippen LogP contribution is -2.37. The molecule has 1 atom stereocenters. The molecule has 24 heavy (non-hydrogen) atoms. The molecular weight excluding hydrogens is 324 g/mol. The number of likely N-dealkylation sites (tertiary alicyclic amines) is 1. The second-order valence-electron chi connectivity index (χ2n) is 6.55. The summed E-state index contributed by atoms with van der Waals surface area (Å²) < 4.78 is 5.73. The van der Waals surface area contributed by atoms with E-state index in [1.807, 2.05) is 18.2 Å². The van der Waals surface area contributed by atoms with Crippen LogP contribution in [0, 0.1) is 0 Å². The maximum absolute atomic E-state index is 12.2. The van der Waals surface area contributed by atoms with Crippen molar-refractivity contribution >= 4 is 17.5 Å². The van der Waals surface area contributed by atoms with Gasteiger partial charge >= 0.3 is 0 Å². The SMILES string of the molecule is CCCOc1ccc(Cl)cc1CNC(=O)CC[C@H]1CCCCN1C. The zero-order chi connectivity index (χ0) is 17.4. The second-order valence-corrected chi connectivity index (χ2v) is 6.98. The Bertz CT molecular complexity index is 536. The number of amides is 1. The molecule has 1 N–H and O–H groups in total. The Balaban J connectivity index is 1.81. The lowest BCUT2D eigenvalue weighted by atomic mass is 9.98. The molecule has 4 nitrogen and oxygen atoms in total. The molecule has 5 heteroatoms. The van der Waals surface area contributed by atoms with Gasteiger partial charge in [0, 0.05) is 29.6 Å². The molecule has 1 amide bonds. The molecule has 1 fully saturated rings. The summed E-state index contributed by atoms with van der Waals surface area (Å²) in [6.07, 6.45) is 6.19. The van der Waals surface area contributed by atoms with Gasteiger partial charge < -0.3 is 15.0 Å². The van der Waals surface area contributed by atoms with Gasteiger partial charge in [-0.25, -0.2) is 0 Å². The molecule has 1 aromatic carbocycles. The molecule has 0 aliphatic carbocycles. The van der Waals surface area contributed by atoms with Crippen molar-refractivity contribution in [1.29, 1.82) is 0 Å². The molecule has 134 valence electrons. The number of ether oxygens (including phenoxy) is 1. The van der Waals surface area contributed by atoms with E-state index in [9.17, 15) is 4.79 Å². The minimum Gasteiger partial charge on any atom is -0.493 e. The molecule has 0 unspecified atom stereocenters. The standard InChI is InChI=1S/C19H29ClN2O2/c1-3-12-24-18-9-7-16(20)13-15(18)14-21-19(23)10-8-17-6-4-5-11-22(17)2/h7,9,13,17H,3-6,8,10-12,14H2,1-2H3,(H,21,23)/t17-/m1/s1. The normalized spacial score (nSPS) is 18.4. The Morgan fingerprint density at radius 2 is 2.25 bits per heavy atom. The number of halogens is 1. The third-order valence-electron chi connectivity index (χ3n) is 4.59. The first kappa shape index (κ1) is 19.1. The highest BCUT2D eigenvalue weighted by molar-refractivity contribution is 6.30. The number of carbonyl (C=O) groups excluding carboxylic acids is 1. The van der Waals surface area contributed by atoms with Gasteiger partial charge in [-0.3, -0.25) is 4.79 Å². The Morgan fingerprint density at radius 1 is 1.42 bits per heavy atom. The Hall–Kier alpha value is -1.26. The number of benzene rings is 1. The smallest absolute Gasteiger partial charge is 0.220 e. The highest BCUT2D eigenvalue weighted by atomic mass is 35.5. The molecule has 0 aromatic heterocycles. The average Bonchev–Trinajstić information content (AvgIpc) is 2.58. The van der Waals surface area contributed by atoms with Crippen LogP contribution in [0.4, 0.5) is 0 Å². The van der Waals surface area contributed by atoms with E-state index in [4.69, 9.17) is 16.3 Å². The maximum Gasteiger partial charge on any atom is 0.220 e. The van der Waals surface area contributed by atoms with Crippen molar-refractivity contribution in [2.45, 2.75) is 58.0 Å². The second kappa shape index (κ2) is 9.90. The minimum atomic E-state index is 0.0930. The van der Waals surface area contributed by atoms with Crippen LogP contribution in [0.3, 0.4) is 0 Å². The lowest BCUT2D eigenvalue weighted by molar-refractivity contribution is -0.121. The van der Waals surface area contributed by atoms with Gasteiger partial charge in [0.05, 0.1) is 6.61 Å². The van der Waals surface area contributed by atoms with Gasteiger partial charge in [0.15, 0.2) is 0 Å². The van der Waals surface area contributed by atoms with Crippen molar-refractivity contribution in [3.63, 3.8) is 0 Å². The van der Waals surface area contributed by atoms with E-state index in [-0.39, 0.29) is 5.91 Å². The molecule has 1 aliphatic heterocycles. The van der Waals surface area contributed by atoms with Crippen molar-refractivity contribution in [2.75, 3.05) is 20.2 Å². The Kier molecular flexibility index (Phi) is 7.86. The summed E-state index contributed by atoms with van der Waals surface area (Å²) >= 11 is 6.07. The van der Waals surface area contributed by atoms with Crippen LogP contribution in [0.2, 0.25) is 5.02 Å². The predicted octanol–water partition coefficient (Wildman–Crippen LogP) is 4.01. The highest BCUT2D eigenvalue weighted by Crippen LogP contribution is 2.23. The van der Waals surface area contributed by atoms with Crippen molar-refractivity contribution < 1.29 is 9.53 Å². The maximum atomic E-state index is 12.2. The van der Waals surface area contributed by atoms with E-state index in [2.05, 4.69) is 24.2 Å². The van der Waals surface area contributed by atoms with Crippen LogP contribution < -0.4 is 10.1 Å². The van der Waals surface area contributed by atoms with Gasteiger partial charge in [-0.1, -0.05) is 24.9 Å². The van der Waals surface area contributed by atoms with Gasteiger partial charge in [0.1, 0.15) is 5.75 Å². The topological polar surface area (TPSA) is 41.6 Å². The number of nitrogens with one attached hydrogen (secondary N) is 1. The van der Waals surface area contributed by atoms with E-state index < -0.39 is 0 Å². The summed E-state index contributed by atoms with van der Waals surface area (Å²) in [6.45, 7) is 4.34. The number of nitrogens with zero attached hydrogens (tertiary/aromatic N) is 1. The largest absolute Gasteiger partial charge is 0.493 e. The van der Waals surface area contributed by atoms with Crippen LogP contribution in [0.5, 0.6) is 5.75 Å². The quantitative estimate of drug-likeness (QED) is 0.768. The summed E-state index contributed by atoms with van der Waals surface area (Å²) in [5.41, 5.74) is 0.930. The van der Waals surface area contributed by atoms with Crippen LogP contribution in [-0.4, -0.2) is 37.0 Å². The van der Waals surface area contributed by atoms with Crippen molar-refractivity contribution in [3.8, 4) is 5.75 Å². The monoisotopic (exact) mass is 352 g/mol. The van der Waals surface area contributed by atoms with E-state index in [1.165, 1.54) is 19.3 Å². The van der Waals surface area contributed by atoms with Crippen molar-refractivity contribution in [2.24, 2.45) is 0 Å². The number of hydrogen-bond donors (Lipinski definition) is 1. The van der Waals surface area contributed by atoms with E-state index in [0.717, 1.165) is 30.7 Å². The van der Waals surface area contributed by atoms with Crippen molar-refractivity contribution in [3.05, 3.63) is 28.8 Å². The third kappa shape index (κ3) is 5.99. The number of piperidine rings is 1. The molecule has 0 saturated carbocycles. The van der Waals surface area contributed by atoms with Crippen LogP contribution >= 0.6 is 11.6 Å². The molecule has 1 aromatic rings. The van der Waals surface area contributed by atoms with Crippen LogP contribution in [0.15, 0.2) is 18.2 Å². The molecule has 0 radical (unpaired) electrons. The summed E-state index contributed by atoms with van der Waals surface area (Å²) in [7, 11) is 2.16. The fourth-order valence-electron chi connectivity index (χ4n) is 3.13. The third-order valence-corrected chi connectivity index (χ3v) is 4.82. The summed E-state index contributed by atoms with van der Waals surface area (Å²) in [5.74, 6) is 0.893. The van der Waals surface area contributed by atoms with Gasteiger partial charge in [-0.15, -0.1) is 0 Å². The van der Waals surface area contributed by atoms with Gasteiger partial charge in [0.25, 0.3) is 0 Å². The summed E-state index contributed by atoms with van der Waals surface area (Å²) in [6, 6.07) is 6.09. The fraction of sp³-hybridized carbons (Fsp3) is 0.632. The van der Waals surface area contributed by atoms with Gasteiger partial charge in [-0.05, 0) is 57.5 Å². The highest BCUT2D eigenvalue weighted by Gasteiger charge is 2.19. The average molecular weight is 353 g/mol. The summed E-state index contributed by atoms with van der Waals surface area (Å²) in [4.78, 5) is 14.6. The van der Waals surface area contributed by atoms with E-state index in [1.54, 1.807) is 0 Å². The molecule has 2 rings (SSSR count). The van der Waals surface area contributed by atoms with Gasteiger partial charge in [-0.2, -0.15) is 0 Å². The minimum absolute atomic E-state index is 0.0930. The Labute approximate surface area is 150 Å². The number of carbonyl (C=O) groups is 1. The molecule has 0 spiro atoms. The molecule has 1 saturated heterocycles. The van der Waals surface area contributed by atoms with E-state index in [0.29, 0.717) is 30.6 Å². The zero-order valence-corrected chi connectivity index (χ0v) is 15.6. The fourth-order valence-corrected chi connectivity index (χ4v) is 3.32. The molecular formula is C19H29ClN2O2. The molecule has 1 aliphatic rings. The first-order valence-corrected chi connectivity index (χ1v) is 9.36. The van der Waals surface area contributed by atoms with Crippen LogP contribution in [-0.2, 0) is 11.3 Å². The molecule has 0 bridgehead atoms. The number of rotatable bonds is 8. The first-order valence-electron chi connectivity index (χ1n) is 8.98. The lowest BCUT2D eigenvalue weighted by Gasteiger charge is -2.32. The van der Waals surface area contributed by atoms with Crippen LogP contribution in [0.25, 0.3) is 0 Å². The first-order chi connectivity index (χ1) is 11.6. The van der Waals surface area contributed by atoms with E-state index >= 15 is 0 Å². The summed E-state index contributed by atoms with van der Waals surface area (Å²) in [5, 5.41) is 3.66. The van der Waals surface area contributed by atoms with Crippen molar-refractivity contribution in [1.82, 2.24) is 10.2 Å². The predicted molar refractivity (Wildman–Crippen MR) is 98.6 cm³/mol.